The third-order valence-corrected chi connectivity index (χ3v) is 7.15. The van der Waals surface area contributed by atoms with E-state index in [1.807, 2.05) is 25.2 Å². The molecule has 4 rings (SSSR count). The van der Waals surface area contributed by atoms with Crippen molar-refractivity contribution in [2.75, 3.05) is 37.4 Å². The summed E-state index contributed by atoms with van der Waals surface area (Å²) >= 11 is 8.23. The summed E-state index contributed by atoms with van der Waals surface area (Å²) < 4.78 is 0. The lowest BCUT2D eigenvalue weighted by atomic mass is 10.0. The van der Waals surface area contributed by atoms with Gasteiger partial charge in [-0.3, -0.25) is 4.90 Å². The maximum Gasteiger partial charge on any atom is 0.225 e. The SMILES string of the molecule is CNc1nc(Cl)c(Sc2ccccc2)c(N(C)C2CCN(Cc3ccccc3)CC2)n1. The number of rotatable bonds is 7. The van der Waals surface area contributed by atoms with E-state index in [9.17, 15) is 0 Å². The van der Waals surface area contributed by atoms with Gasteiger partial charge in [0.15, 0.2) is 5.15 Å². The zero-order valence-electron chi connectivity index (χ0n) is 18.0. The number of likely N-dealkylation sites (tertiary alicyclic amines) is 1. The van der Waals surface area contributed by atoms with Gasteiger partial charge >= 0.3 is 0 Å². The van der Waals surface area contributed by atoms with Gasteiger partial charge in [-0.05, 0) is 30.5 Å². The van der Waals surface area contributed by atoms with Crippen LogP contribution in [0.5, 0.6) is 0 Å². The second kappa shape index (κ2) is 10.4. The Morgan fingerprint density at radius 3 is 2.32 bits per heavy atom. The first-order valence-electron chi connectivity index (χ1n) is 10.6. The molecule has 3 aromatic rings. The zero-order chi connectivity index (χ0) is 21.6. The normalized spacial score (nSPS) is 15.1. The molecule has 1 aromatic heterocycles. The summed E-state index contributed by atoms with van der Waals surface area (Å²) in [5, 5.41) is 3.52. The summed E-state index contributed by atoms with van der Waals surface area (Å²) in [6.07, 6.45) is 2.19. The fourth-order valence-electron chi connectivity index (χ4n) is 3.94. The van der Waals surface area contributed by atoms with Crippen molar-refractivity contribution >= 4 is 35.1 Å². The summed E-state index contributed by atoms with van der Waals surface area (Å²) in [4.78, 5) is 16.1. The average molecular weight is 454 g/mol. The second-order valence-electron chi connectivity index (χ2n) is 7.76. The minimum Gasteiger partial charge on any atom is -0.357 e. The van der Waals surface area contributed by atoms with Crippen molar-refractivity contribution in [3.8, 4) is 0 Å². The Labute approximate surface area is 193 Å². The highest BCUT2D eigenvalue weighted by Crippen LogP contribution is 2.40. The van der Waals surface area contributed by atoms with Crippen LogP contribution in [0, 0.1) is 0 Å². The van der Waals surface area contributed by atoms with Gasteiger partial charge in [0.1, 0.15) is 5.82 Å². The molecule has 0 unspecified atom stereocenters. The summed E-state index contributed by atoms with van der Waals surface area (Å²) in [5.74, 6) is 1.44. The van der Waals surface area contributed by atoms with Crippen LogP contribution in [0.4, 0.5) is 11.8 Å². The Morgan fingerprint density at radius 1 is 1.03 bits per heavy atom. The highest BCUT2D eigenvalue weighted by Gasteiger charge is 2.27. The standard InChI is InChI=1S/C24H28ClN5S/c1-26-24-27-22(25)21(31-20-11-7-4-8-12-20)23(28-24)29(2)19-13-15-30(16-14-19)17-18-9-5-3-6-10-18/h3-12,19H,13-17H2,1-2H3,(H,26,27,28). The summed E-state index contributed by atoms with van der Waals surface area (Å²) in [6.45, 7) is 3.15. The topological polar surface area (TPSA) is 44.3 Å². The minimum absolute atomic E-state index is 0.415. The van der Waals surface area contributed by atoms with E-state index < -0.39 is 0 Å². The molecule has 0 radical (unpaired) electrons. The van der Waals surface area contributed by atoms with Crippen molar-refractivity contribution in [3.63, 3.8) is 0 Å². The van der Waals surface area contributed by atoms with Crippen molar-refractivity contribution in [1.82, 2.24) is 14.9 Å². The third kappa shape index (κ3) is 5.50. The summed E-state index contributed by atoms with van der Waals surface area (Å²) in [5.41, 5.74) is 1.37. The molecular formula is C24H28ClN5S. The van der Waals surface area contributed by atoms with E-state index in [-0.39, 0.29) is 0 Å². The van der Waals surface area contributed by atoms with E-state index in [1.54, 1.807) is 11.8 Å². The lowest BCUT2D eigenvalue weighted by molar-refractivity contribution is 0.203. The van der Waals surface area contributed by atoms with Gasteiger partial charge in [-0.1, -0.05) is 71.9 Å². The quantitative estimate of drug-likeness (QED) is 0.481. The predicted octanol–water partition coefficient (Wildman–Crippen LogP) is 5.42. The number of hydrogen-bond donors (Lipinski definition) is 1. The molecule has 1 aliphatic heterocycles. The molecule has 0 spiro atoms. The molecule has 7 heteroatoms. The Bertz CT molecular complexity index is 978. The van der Waals surface area contributed by atoms with E-state index in [0.29, 0.717) is 17.1 Å². The molecule has 5 nitrogen and oxygen atoms in total. The van der Waals surface area contributed by atoms with E-state index in [1.165, 1.54) is 5.56 Å². The Kier molecular flexibility index (Phi) is 7.33. The van der Waals surface area contributed by atoms with Crippen LogP contribution in [0.1, 0.15) is 18.4 Å². The summed E-state index contributed by atoms with van der Waals surface area (Å²) in [7, 11) is 3.95. The van der Waals surface area contributed by atoms with Crippen molar-refractivity contribution < 1.29 is 0 Å². The maximum atomic E-state index is 6.61. The van der Waals surface area contributed by atoms with E-state index in [4.69, 9.17) is 16.6 Å². The molecule has 0 saturated carbocycles. The highest BCUT2D eigenvalue weighted by atomic mass is 35.5. The molecule has 0 atom stereocenters. The minimum atomic E-state index is 0.415. The fraction of sp³-hybridized carbons (Fsp3) is 0.333. The van der Waals surface area contributed by atoms with Crippen molar-refractivity contribution in [2.24, 2.45) is 0 Å². The molecule has 2 heterocycles. The molecule has 31 heavy (non-hydrogen) atoms. The number of piperidine rings is 1. The molecular weight excluding hydrogens is 426 g/mol. The smallest absolute Gasteiger partial charge is 0.225 e. The van der Waals surface area contributed by atoms with Crippen LogP contribution in [0.15, 0.2) is 70.5 Å². The van der Waals surface area contributed by atoms with E-state index in [0.717, 1.165) is 48.1 Å². The van der Waals surface area contributed by atoms with Crippen LogP contribution in [-0.2, 0) is 6.54 Å². The van der Waals surface area contributed by atoms with Gasteiger partial charge in [0.05, 0.1) is 4.90 Å². The number of aromatic nitrogens is 2. The predicted molar refractivity (Wildman–Crippen MR) is 130 cm³/mol. The van der Waals surface area contributed by atoms with Crippen LogP contribution in [-0.4, -0.2) is 48.1 Å². The summed E-state index contributed by atoms with van der Waals surface area (Å²) in [6, 6.07) is 21.4. The van der Waals surface area contributed by atoms with Gasteiger partial charge in [-0.15, -0.1) is 0 Å². The first-order valence-corrected chi connectivity index (χ1v) is 11.8. The molecule has 0 bridgehead atoms. The number of halogens is 1. The lowest BCUT2D eigenvalue weighted by Gasteiger charge is -2.38. The molecule has 1 aliphatic rings. The van der Waals surface area contributed by atoms with E-state index >= 15 is 0 Å². The lowest BCUT2D eigenvalue weighted by Crippen LogP contribution is -2.43. The Morgan fingerprint density at radius 2 is 1.68 bits per heavy atom. The number of hydrogen-bond acceptors (Lipinski definition) is 6. The number of nitrogens with one attached hydrogen (secondary N) is 1. The largest absolute Gasteiger partial charge is 0.357 e. The Balaban J connectivity index is 1.50. The van der Waals surface area contributed by atoms with Gasteiger partial charge in [0, 0.05) is 44.7 Å². The van der Waals surface area contributed by atoms with Gasteiger partial charge in [-0.2, -0.15) is 9.97 Å². The maximum absolute atomic E-state index is 6.61. The van der Waals surface area contributed by atoms with Gasteiger partial charge < -0.3 is 10.2 Å². The molecule has 1 fully saturated rings. The van der Waals surface area contributed by atoms with Crippen LogP contribution in [0.3, 0.4) is 0 Å². The zero-order valence-corrected chi connectivity index (χ0v) is 19.5. The third-order valence-electron chi connectivity index (χ3n) is 5.68. The highest BCUT2D eigenvalue weighted by molar-refractivity contribution is 7.99. The number of nitrogens with zero attached hydrogens (tertiary/aromatic N) is 4. The second-order valence-corrected chi connectivity index (χ2v) is 9.20. The fourth-order valence-corrected chi connectivity index (χ4v) is 5.16. The van der Waals surface area contributed by atoms with E-state index in [2.05, 4.69) is 69.6 Å². The van der Waals surface area contributed by atoms with Crippen LogP contribution in [0.2, 0.25) is 5.15 Å². The number of benzene rings is 2. The molecule has 1 N–H and O–H groups in total. The van der Waals surface area contributed by atoms with Crippen molar-refractivity contribution in [1.29, 1.82) is 0 Å². The average Bonchev–Trinajstić information content (AvgIpc) is 2.81. The van der Waals surface area contributed by atoms with Crippen LogP contribution >= 0.6 is 23.4 Å². The van der Waals surface area contributed by atoms with Crippen LogP contribution in [0.25, 0.3) is 0 Å². The molecule has 2 aromatic carbocycles. The molecule has 0 aliphatic carbocycles. The molecule has 0 amide bonds. The van der Waals surface area contributed by atoms with Gasteiger partial charge in [0.2, 0.25) is 5.95 Å². The Hall–Kier alpha value is -2.28. The monoisotopic (exact) mass is 453 g/mol. The molecule has 1 saturated heterocycles. The van der Waals surface area contributed by atoms with Crippen molar-refractivity contribution in [3.05, 3.63) is 71.4 Å². The van der Waals surface area contributed by atoms with Crippen molar-refractivity contribution in [2.45, 2.75) is 35.2 Å². The first-order chi connectivity index (χ1) is 15.1. The first kappa shape index (κ1) is 21.9. The molecule has 162 valence electrons. The van der Waals surface area contributed by atoms with Gasteiger partial charge in [0.25, 0.3) is 0 Å². The number of anilines is 2. The van der Waals surface area contributed by atoms with Crippen LogP contribution < -0.4 is 10.2 Å². The van der Waals surface area contributed by atoms with Gasteiger partial charge in [-0.25, -0.2) is 0 Å².